The third-order valence-electron chi connectivity index (χ3n) is 5.92. The maximum Gasteiger partial charge on any atom is 0.360 e. The first-order valence-corrected chi connectivity index (χ1v) is 12.9. The topological polar surface area (TPSA) is 165 Å². The van der Waals surface area contributed by atoms with E-state index in [1.165, 1.54) is 15.0 Å². The first-order valence-electron chi connectivity index (χ1n) is 12.2. The molecule has 4 aromatic heterocycles. The fourth-order valence-corrected chi connectivity index (χ4v) is 4.11. The number of benzene rings is 1. The number of amides is 1. The summed E-state index contributed by atoms with van der Waals surface area (Å²) in [5.41, 5.74) is 0.837. The zero-order valence-electron chi connectivity index (χ0n) is 22.4. The second-order valence-electron chi connectivity index (χ2n) is 9.02. The Kier molecular flexibility index (Phi) is 8.79. The van der Waals surface area contributed by atoms with Crippen molar-refractivity contribution in [1.82, 2.24) is 24.1 Å². The van der Waals surface area contributed by atoms with Gasteiger partial charge in [-0.3, -0.25) is 23.2 Å². The van der Waals surface area contributed by atoms with Gasteiger partial charge in [0.05, 0.1) is 17.2 Å². The van der Waals surface area contributed by atoms with E-state index < -0.39 is 34.5 Å². The van der Waals surface area contributed by atoms with Crippen LogP contribution >= 0.6 is 23.2 Å². The third kappa shape index (κ3) is 6.19. The van der Waals surface area contributed by atoms with Gasteiger partial charge in [-0.2, -0.15) is 0 Å². The molecule has 14 heteroatoms. The van der Waals surface area contributed by atoms with Crippen LogP contribution in [0.25, 0.3) is 11.3 Å². The summed E-state index contributed by atoms with van der Waals surface area (Å²) in [6, 6.07) is 11.6. The fourth-order valence-electron chi connectivity index (χ4n) is 3.78. The number of aromatic nitrogens is 4. The highest BCUT2D eigenvalue weighted by Gasteiger charge is 2.20. The lowest BCUT2D eigenvalue weighted by Crippen LogP contribution is -2.27. The minimum Gasteiger partial charge on any atom is -0.501 e. The van der Waals surface area contributed by atoms with Crippen molar-refractivity contribution in [1.29, 1.82) is 0 Å². The molecule has 42 heavy (non-hydrogen) atoms. The van der Waals surface area contributed by atoms with Gasteiger partial charge in [-0.05, 0) is 54.8 Å². The second-order valence-corrected chi connectivity index (χ2v) is 9.83. The van der Waals surface area contributed by atoms with Crippen LogP contribution in [0.1, 0.15) is 37.7 Å². The van der Waals surface area contributed by atoms with Crippen LogP contribution in [0.5, 0.6) is 11.5 Å². The molecule has 0 unspecified atom stereocenters. The van der Waals surface area contributed by atoms with E-state index in [2.05, 4.69) is 20.0 Å². The van der Waals surface area contributed by atoms with Gasteiger partial charge in [-0.15, -0.1) is 0 Å². The van der Waals surface area contributed by atoms with E-state index >= 15 is 0 Å². The number of carbonyl (C=O) groups excluding carboxylic acids is 2. The molecule has 5 aromatic rings. The van der Waals surface area contributed by atoms with Gasteiger partial charge in [0, 0.05) is 18.9 Å². The van der Waals surface area contributed by atoms with E-state index in [9.17, 15) is 29.4 Å². The number of ether oxygens (including phenoxy) is 1. The van der Waals surface area contributed by atoms with E-state index in [4.69, 9.17) is 23.2 Å². The Morgan fingerprint density at radius 2 is 1.36 bits per heavy atom. The molecule has 4 heterocycles. The minimum atomic E-state index is -0.845. The van der Waals surface area contributed by atoms with E-state index in [1.54, 1.807) is 62.5 Å². The molecular weight excluding hydrogens is 589 g/mol. The molecule has 12 nitrogen and oxygen atoms in total. The van der Waals surface area contributed by atoms with Crippen LogP contribution in [0, 0.1) is 13.8 Å². The first kappa shape index (κ1) is 30.0. The Balaban J connectivity index is 0.000000208. The summed E-state index contributed by atoms with van der Waals surface area (Å²) < 4.78 is 6.81. The predicted octanol–water partition coefficient (Wildman–Crippen LogP) is 3.44. The van der Waals surface area contributed by atoms with E-state index in [1.807, 2.05) is 0 Å². The lowest BCUT2D eigenvalue weighted by Gasteiger charge is -2.09. The maximum atomic E-state index is 12.3. The van der Waals surface area contributed by atoms with Crippen LogP contribution in [0.3, 0.4) is 0 Å². The summed E-state index contributed by atoms with van der Waals surface area (Å²) in [7, 11) is 1.15. The van der Waals surface area contributed by atoms with Crippen molar-refractivity contribution in [2.45, 2.75) is 20.4 Å². The Bertz CT molecular complexity index is 1990. The van der Waals surface area contributed by atoms with Gasteiger partial charge < -0.3 is 20.3 Å². The van der Waals surface area contributed by atoms with Crippen molar-refractivity contribution in [2.24, 2.45) is 0 Å². The largest absolute Gasteiger partial charge is 0.501 e. The number of halogens is 2. The van der Waals surface area contributed by atoms with E-state index in [-0.39, 0.29) is 29.2 Å². The van der Waals surface area contributed by atoms with E-state index in [0.29, 0.717) is 10.0 Å². The molecule has 5 rings (SSSR count). The number of aromatic hydroxyl groups is 2. The molecule has 0 aliphatic carbocycles. The van der Waals surface area contributed by atoms with Crippen molar-refractivity contribution >= 4 is 46.4 Å². The smallest absolute Gasteiger partial charge is 0.360 e. The first-order chi connectivity index (χ1) is 19.9. The van der Waals surface area contributed by atoms with Crippen LogP contribution in [0.4, 0.5) is 0 Å². The lowest BCUT2D eigenvalue weighted by molar-refractivity contribution is 0.0590. The number of hydrogen-bond donors (Lipinski definition) is 3. The summed E-state index contributed by atoms with van der Waals surface area (Å²) in [5, 5.41) is 23.0. The fraction of sp³-hybridized carbons (Fsp3) is 0.143. The van der Waals surface area contributed by atoms with Gasteiger partial charge in [0.15, 0.2) is 11.4 Å². The van der Waals surface area contributed by atoms with Crippen molar-refractivity contribution in [3.05, 3.63) is 114 Å². The molecule has 0 aliphatic heterocycles. The van der Waals surface area contributed by atoms with Crippen LogP contribution in [-0.2, 0) is 11.3 Å². The number of hydrogen-bond acceptors (Lipinski definition) is 9. The molecule has 1 amide bonds. The summed E-state index contributed by atoms with van der Waals surface area (Å²) in [5.74, 6) is -2.92. The molecule has 3 N–H and O–H groups in total. The van der Waals surface area contributed by atoms with Gasteiger partial charge in [0.1, 0.15) is 11.3 Å². The molecule has 1 aromatic carbocycles. The molecule has 0 bridgehead atoms. The van der Waals surface area contributed by atoms with Crippen molar-refractivity contribution < 1.29 is 24.5 Å². The molecule has 0 saturated carbocycles. The molecular formula is C28H23Cl2N5O7. The van der Waals surface area contributed by atoms with Crippen LogP contribution < -0.4 is 16.4 Å². The highest BCUT2D eigenvalue weighted by Crippen LogP contribution is 2.22. The van der Waals surface area contributed by atoms with Crippen molar-refractivity contribution in [3.63, 3.8) is 0 Å². The zero-order valence-corrected chi connectivity index (χ0v) is 23.9. The summed E-state index contributed by atoms with van der Waals surface area (Å²) in [6.07, 6.45) is 3.08. The Morgan fingerprint density at radius 3 is 1.88 bits per heavy atom. The monoisotopic (exact) mass is 611 g/mol. The summed E-state index contributed by atoms with van der Waals surface area (Å²) in [4.78, 5) is 55.6. The molecule has 0 saturated heterocycles. The van der Waals surface area contributed by atoms with Gasteiger partial charge in [-0.25, -0.2) is 14.8 Å². The second kappa shape index (κ2) is 12.3. The molecule has 216 valence electrons. The number of carbonyl (C=O) groups is 2. The van der Waals surface area contributed by atoms with Crippen LogP contribution in [0.15, 0.2) is 64.4 Å². The average molecular weight is 612 g/mol. The van der Waals surface area contributed by atoms with Crippen LogP contribution in [0.2, 0.25) is 10.0 Å². The third-order valence-corrected chi connectivity index (χ3v) is 6.66. The van der Waals surface area contributed by atoms with Crippen LogP contribution in [-0.4, -0.2) is 48.0 Å². The van der Waals surface area contributed by atoms with Gasteiger partial charge >= 0.3 is 17.1 Å². The molecule has 0 atom stereocenters. The Labute approximate surface area is 247 Å². The van der Waals surface area contributed by atoms with Crippen molar-refractivity contribution in [3.8, 4) is 11.5 Å². The predicted molar refractivity (Wildman–Crippen MR) is 155 cm³/mol. The zero-order chi connectivity index (χ0) is 30.7. The molecule has 0 spiro atoms. The number of methoxy groups -OCH3 is 1. The number of rotatable bonds is 4. The number of esters is 1. The average Bonchev–Trinajstić information content (AvgIpc) is 2.97. The summed E-state index contributed by atoms with van der Waals surface area (Å²) in [6.45, 7) is 3.75. The molecule has 0 fully saturated rings. The highest BCUT2D eigenvalue weighted by atomic mass is 35.5. The number of fused-ring (bicyclic) bond motifs is 2. The maximum absolute atomic E-state index is 12.3. The van der Waals surface area contributed by atoms with E-state index in [0.717, 1.165) is 23.8 Å². The number of pyridine rings is 2. The molecule has 0 aliphatic rings. The SMILES string of the molecule is COC(=O)c1nc2ccc(C)cn2c(=O)c1O.Cc1ccc2nc(C(=O)NCc3ccc(Cl)c(Cl)c3)c(O)c(=O)n2c1. The Hall–Kier alpha value is -4.94. The van der Waals surface area contributed by atoms with Crippen molar-refractivity contribution in [2.75, 3.05) is 7.11 Å². The quantitative estimate of drug-likeness (QED) is 0.258. The number of aryl methyl sites for hydroxylation is 2. The number of nitrogens with zero attached hydrogens (tertiary/aromatic N) is 4. The minimum absolute atomic E-state index is 0.143. The van der Waals surface area contributed by atoms with Gasteiger partial charge in [-0.1, -0.05) is 41.4 Å². The molecule has 0 radical (unpaired) electrons. The summed E-state index contributed by atoms with van der Waals surface area (Å²) >= 11 is 11.8. The van der Waals surface area contributed by atoms with Gasteiger partial charge in [0.2, 0.25) is 11.5 Å². The number of nitrogens with one attached hydrogen (secondary N) is 1. The normalized spacial score (nSPS) is 10.7. The standard InChI is InChI=1S/C17H13Cl2N3O3.C11H10N2O4/c1-9-2-5-13-21-14(15(23)17(25)22(13)8-9)16(24)20-7-10-3-4-11(18)12(19)6-10;1-6-3-4-7-12-8(11(16)17-2)9(14)10(15)13(7)5-6/h2-6,8,23H,7H2,1H3,(H,20,24);3-5,14H,1-2H3. The Morgan fingerprint density at radius 1 is 0.833 bits per heavy atom. The lowest BCUT2D eigenvalue weighted by atomic mass is 10.2. The highest BCUT2D eigenvalue weighted by molar-refractivity contribution is 6.42. The van der Waals surface area contributed by atoms with Gasteiger partial charge in [0.25, 0.3) is 5.91 Å².